The number of ether oxygens (including phenoxy) is 4. The van der Waals surface area contributed by atoms with E-state index in [-0.39, 0.29) is 25.7 Å². The first-order chi connectivity index (χ1) is 47.1. The number of aliphatic hydroxyl groups excluding tert-OH is 1. The number of carbonyl (C=O) groups excluding carboxylic acids is 4. The Morgan fingerprint density at radius 1 is 0.286 bits per heavy atom. The molecule has 0 spiro atoms. The van der Waals surface area contributed by atoms with Gasteiger partial charge in [0.05, 0.1) is 26.4 Å². The van der Waals surface area contributed by atoms with E-state index in [9.17, 15) is 43.2 Å². The Labute approximate surface area is 600 Å². The highest BCUT2D eigenvalue weighted by molar-refractivity contribution is 7.47. The molecule has 0 saturated carbocycles. The highest BCUT2D eigenvalue weighted by atomic mass is 31.2. The third kappa shape index (κ3) is 71.1. The van der Waals surface area contributed by atoms with Crippen molar-refractivity contribution in [3.05, 3.63) is 0 Å². The summed E-state index contributed by atoms with van der Waals surface area (Å²) in [5.41, 5.74) is 0. The summed E-state index contributed by atoms with van der Waals surface area (Å²) in [7, 11) is -9.92. The smallest absolute Gasteiger partial charge is 0.462 e. The fourth-order valence-electron chi connectivity index (χ4n) is 12.0. The molecule has 0 aliphatic carbocycles. The maximum absolute atomic E-state index is 13.1. The van der Waals surface area contributed by atoms with E-state index in [1.54, 1.807) is 0 Å². The van der Waals surface area contributed by atoms with Crippen LogP contribution in [0.2, 0.25) is 0 Å². The van der Waals surface area contributed by atoms with E-state index < -0.39 is 97.5 Å². The third-order valence-corrected chi connectivity index (χ3v) is 20.6. The summed E-state index contributed by atoms with van der Waals surface area (Å²) in [5.74, 6) is 0.950. The van der Waals surface area contributed by atoms with Gasteiger partial charge in [0.1, 0.15) is 19.3 Å². The average Bonchev–Trinajstić information content (AvgIpc) is 1.08. The Bertz CT molecular complexity index is 1920. The zero-order valence-corrected chi connectivity index (χ0v) is 66.2. The molecule has 98 heavy (non-hydrogen) atoms. The fourth-order valence-corrected chi connectivity index (χ4v) is 13.6. The lowest BCUT2D eigenvalue weighted by atomic mass is 9.99. The SMILES string of the molecule is CCC(C)CCCCCCCCCCCCCCCCCCCCC(=O)OC[C@H](COP(=O)(O)OC[C@@H](O)COP(=O)(O)OC[C@@H](COC(=O)CCCCCCCCC(C)C)OC(=O)CCCCCCCCCCCCCC(C)C)OC(=O)CCCCCCCCCCCCC(C)C. The van der Waals surface area contributed by atoms with Crippen LogP contribution in [0.25, 0.3) is 0 Å². The van der Waals surface area contributed by atoms with E-state index in [0.717, 1.165) is 114 Å². The number of hydrogen-bond donors (Lipinski definition) is 3. The Morgan fingerprint density at radius 3 is 0.724 bits per heavy atom. The van der Waals surface area contributed by atoms with Crippen molar-refractivity contribution < 1.29 is 80.2 Å². The number of hydrogen-bond acceptors (Lipinski definition) is 15. The number of unbranched alkanes of at least 4 members (excludes halogenated alkanes) is 41. The maximum atomic E-state index is 13.1. The van der Waals surface area contributed by atoms with Gasteiger partial charge in [0, 0.05) is 25.7 Å². The number of esters is 4. The van der Waals surface area contributed by atoms with Gasteiger partial charge >= 0.3 is 39.5 Å². The summed E-state index contributed by atoms with van der Waals surface area (Å²) in [6, 6.07) is 0. The first-order valence-corrected chi connectivity index (χ1v) is 43.7. The van der Waals surface area contributed by atoms with Gasteiger partial charge in [-0.25, -0.2) is 9.13 Å². The molecule has 0 aliphatic heterocycles. The summed E-state index contributed by atoms with van der Waals surface area (Å²) in [4.78, 5) is 72.8. The molecule has 582 valence electrons. The topological polar surface area (TPSA) is 237 Å². The molecule has 0 saturated heterocycles. The van der Waals surface area contributed by atoms with Gasteiger partial charge in [-0.1, -0.05) is 351 Å². The van der Waals surface area contributed by atoms with Crippen LogP contribution in [0.3, 0.4) is 0 Å². The molecule has 3 N–H and O–H groups in total. The van der Waals surface area contributed by atoms with Gasteiger partial charge in [0.15, 0.2) is 12.2 Å². The van der Waals surface area contributed by atoms with Gasteiger partial charge in [0.25, 0.3) is 0 Å². The van der Waals surface area contributed by atoms with Crippen molar-refractivity contribution in [2.75, 3.05) is 39.6 Å². The number of phosphoric acid groups is 2. The van der Waals surface area contributed by atoms with Crippen molar-refractivity contribution in [1.29, 1.82) is 0 Å². The van der Waals surface area contributed by atoms with Gasteiger partial charge in [-0.05, 0) is 49.4 Å². The minimum Gasteiger partial charge on any atom is -0.462 e. The summed E-state index contributed by atoms with van der Waals surface area (Å²) in [5, 5.41) is 10.6. The van der Waals surface area contributed by atoms with Crippen LogP contribution in [0.4, 0.5) is 0 Å². The molecule has 0 rings (SSSR count). The van der Waals surface area contributed by atoms with Crippen LogP contribution in [-0.2, 0) is 65.4 Å². The largest absolute Gasteiger partial charge is 0.472 e. The predicted octanol–water partition coefficient (Wildman–Crippen LogP) is 23.2. The van der Waals surface area contributed by atoms with E-state index in [1.807, 2.05) is 0 Å². The summed E-state index contributed by atoms with van der Waals surface area (Å²) < 4.78 is 68.6. The molecule has 0 bridgehead atoms. The molecule has 0 amide bonds. The highest BCUT2D eigenvalue weighted by Crippen LogP contribution is 2.45. The molecule has 0 radical (unpaired) electrons. The van der Waals surface area contributed by atoms with Crippen molar-refractivity contribution in [2.24, 2.45) is 23.7 Å². The molecule has 0 aromatic heterocycles. The lowest BCUT2D eigenvalue weighted by Gasteiger charge is -2.21. The van der Waals surface area contributed by atoms with Crippen molar-refractivity contribution in [2.45, 2.75) is 420 Å². The number of rotatable bonds is 76. The van der Waals surface area contributed by atoms with Crippen molar-refractivity contribution in [3.8, 4) is 0 Å². The average molecular weight is 1440 g/mol. The summed E-state index contributed by atoms with van der Waals surface area (Å²) >= 11 is 0. The molecule has 0 aliphatic rings. The minimum atomic E-state index is -4.96. The van der Waals surface area contributed by atoms with E-state index in [0.29, 0.717) is 31.6 Å². The Hall–Kier alpha value is -1.94. The van der Waals surface area contributed by atoms with Gasteiger partial charge in [-0.3, -0.25) is 37.3 Å². The van der Waals surface area contributed by atoms with Crippen LogP contribution >= 0.6 is 15.6 Å². The monoisotopic (exact) mass is 1440 g/mol. The van der Waals surface area contributed by atoms with Crippen LogP contribution in [0.1, 0.15) is 402 Å². The molecule has 0 aromatic rings. The highest BCUT2D eigenvalue weighted by Gasteiger charge is 2.30. The molecule has 0 fully saturated rings. The van der Waals surface area contributed by atoms with Gasteiger partial charge < -0.3 is 33.8 Å². The Morgan fingerprint density at radius 2 is 0.490 bits per heavy atom. The molecule has 3 unspecified atom stereocenters. The molecule has 17 nitrogen and oxygen atoms in total. The lowest BCUT2D eigenvalue weighted by molar-refractivity contribution is -0.161. The van der Waals surface area contributed by atoms with E-state index >= 15 is 0 Å². The van der Waals surface area contributed by atoms with Crippen LogP contribution < -0.4 is 0 Å². The van der Waals surface area contributed by atoms with E-state index in [1.165, 1.54) is 199 Å². The summed E-state index contributed by atoms with van der Waals surface area (Å²) in [6.07, 6.45) is 54.4. The van der Waals surface area contributed by atoms with Crippen LogP contribution in [0.5, 0.6) is 0 Å². The van der Waals surface area contributed by atoms with E-state index in [2.05, 4.69) is 55.4 Å². The molecular formula is C79H154O17P2. The number of aliphatic hydroxyl groups is 1. The Kier molecular flexibility index (Phi) is 66.8. The first kappa shape index (κ1) is 96.1. The molecule has 0 aromatic carbocycles. The zero-order valence-electron chi connectivity index (χ0n) is 64.4. The summed E-state index contributed by atoms with van der Waals surface area (Å²) in [6.45, 7) is 14.2. The lowest BCUT2D eigenvalue weighted by Crippen LogP contribution is -2.30. The van der Waals surface area contributed by atoms with Crippen molar-refractivity contribution in [1.82, 2.24) is 0 Å². The standard InChI is InChI=1S/C79H154O17P2/c1-9-72(8)58-50-42-33-27-20-16-14-12-10-11-13-15-17-21-28-34-43-51-59-76(81)89-65-74(95-79(84)62-54-46-36-30-24-23-26-32-40-48-56-70(4)5)67-93-97(85,86)91-63-73(80)64-92-98(87,88)94-68-75(66-90-77(82)60-52-44-38-37-41-49-57-71(6)7)96-78(83)61-53-45-35-29-22-18-19-25-31-39-47-55-69(2)3/h69-75,80H,9-68H2,1-8H3,(H,85,86)(H,87,88)/t72?,73-,74-,75-/m1/s1. The quantitative estimate of drug-likeness (QED) is 0.0222. The maximum Gasteiger partial charge on any atom is 0.472 e. The number of carbonyl (C=O) groups is 4. The predicted molar refractivity (Wildman–Crippen MR) is 400 cm³/mol. The van der Waals surface area contributed by atoms with Crippen molar-refractivity contribution >= 4 is 39.5 Å². The second-order valence-corrected chi connectivity index (χ2v) is 33.0. The molecule has 6 atom stereocenters. The first-order valence-electron chi connectivity index (χ1n) is 40.7. The molecular weight excluding hydrogens is 1280 g/mol. The fraction of sp³-hybridized carbons (Fsp3) is 0.949. The normalized spacial score (nSPS) is 14.3. The second kappa shape index (κ2) is 68.2. The van der Waals surface area contributed by atoms with Gasteiger partial charge in [-0.2, -0.15) is 0 Å². The Balaban J connectivity index is 5.17. The minimum absolute atomic E-state index is 0.105. The third-order valence-electron chi connectivity index (χ3n) is 18.7. The van der Waals surface area contributed by atoms with Gasteiger partial charge in [0.2, 0.25) is 0 Å². The molecule has 19 heteroatoms. The second-order valence-electron chi connectivity index (χ2n) is 30.1. The zero-order chi connectivity index (χ0) is 72.4. The molecule has 0 heterocycles. The van der Waals surface area contributed by atoms with Crippen LogP contribution in [0, 0.1) is 23.7 Å². The number of phosphoric ester groups is 2. The van der Waals surface area contributed by atoms with Crippen molar-refractivity contribution in [3.63, 3.8) is 0 Å². The van der Waals surface area contributed by atoms with Crippen LogP contribution in [-0.4, -0.2) is 96.7 Å². The van der Waals surface area contributed by atoms with E-state index in [4.69, 9.17) is 37.0 Å². The van der Waals surface area contributed by atoms with Crippen LogP contribution in [0.15, 0.2) is 0 Å². The van der Waals surface area contributed by atoms with Gasteiger partial charge in [-0.15, -0.1) is 0 Å².